The van der Waals surface area contributed by atoms with Gasteiger partial charge in [0, 0.05) is 12.3 Å². The Hall–Kier alpha value is -1.58. The Morgan fingerprint density at radius 3 is 2.75 bits per heavy atom. The molecule has 1 saturated carbocycles. The summed E-state index contributed by atoms with van der Waals surface area (Å²) in [6.07, 6.45) is 1.83. The van der Waals surface area contributed by atoms with Crippen LogP contribution in [0.2, 0.25) is 0 Å². The van der Waals surface area contributed by atoms with E-state index in [0.717, 1.165) is 18.5 Å². The first-order valence-corrected chi connectivity index (χ1v) is 9.38. The smallest absolute Gasteiger partial charge is 0.354 e. The highest BCUT2D eigenvalue weighted by Gasteiger charge is 2.43. The standard InChI is InChI=1S/C13H18N5O5P/c14-13-16-10(6-1-2-6)11-12(17-13)18(5-15-11)4-8-7(19)3-9(23-8)24(20,21)22/h5-9,19H,1-4H2,(H2,14,16,17)(H2,20,21,22)/t7-,8-,9-/m1/s1. The highest BCUT2D eigenvalue weighted by Crippen LogP contribution is 2.48. The number of ether oxygens (including phenoxy) is 1. The maximum Gasteiger partial charge on any atom is 0.354 e. The molecule has 1 aliphatic heterocycles. The van der Waals surface area contributed by atoms with Crippen LogP contribution in [0.3, 0.4) is 0 Å². The molecule has 2 fully saturated rings. The van der Waals surface area contributed by atoms with Gasteiger partial charge in [-0.25, -0.2) is 9.97 Å². The molecule has 2 aliphatic rings. The molecule has 1 aliphatic carbocycles. The number of nitrogens with two attached hydrogens (primary N) is 1. The summed E-state index contributed by atoms with van der Waals surface area (Å²) in [4.78, 5) is 31.3. The number of aliphatic hydroxyl groups is 1. The molecule has 3 heterocycles. The van der Waals surface area contributed by atoms with Crippen molar-refractivity contribution in [2.24, 2.45) is 0 Å². The Labute approximate surface area is 136 Å². The largest absolute Gasteiger partial charge is 0.390 e. The third-order valence-corrected chi connectivity index (χ3v) is 5.51. The van der Waals surface area contributed by atoms with Gasteiger partial charge >= 0.3 is 7.60 Å². The molecular weight excluding hydrogens is 337 g/mol. The minimum Gasteiger partial charge on any atom is -0.390 e. The van der Waals surface area contributed by atoms with Gasteiger partial charge in [0.2, 0.25) is 5.95 Å². The number of rotatable bonds is 4. The van der Waals surface area contributed by atoms with Crippen LogP contribution >= 0.6 is 7.60 Å². The van der Waals surface area contributed by atoms with Crippen LogP contribution in [0.4, 0.5) is 5.95 Å². The second-order valence-corrected chi connectivity index (χ2v) is 8.09. The lowest BCUT2D eigenvalue weighted by Crippen LogP contribution is -2.26. The summed E-state index contributed by atoms with van der Waals surface area (Å²) in [6, 6.07) is 0. The molecule has 0 bridgehead atoms. The Morgan fingerprint density at radius 1 is 1.38 bits per heavy atom. The molecule has 3 atom stereocenters. The molecule has 2 aromatic heterocycles. The molecule has 2 aromatic rings. The van der Waals surface area contributed by atoms with Crippen LogP contribution in [0.5, 0.6) is 0 Å². The number of hydrogen-bond acceptors (Lipinski definition) is 7. The van der Waals surface area contributed by atoms with E-state index in [1.807, 2.05) is 0 Å². The summed E-state index contributed by atoms with van der Waals surface area (Å²) in [7, 11) is -4.40. The van der Waals surface area contributed by atoms with Gasteiger partial charge in [-0.3, -0.25) is 4.57 Å². The fourth-order valence-corrected chi connectivity index (χ4v) is 3.85. The normalized spacial score (nSPS) is 27.9. The van der Waals surface area contributed by atoms with Crippen LogP contribution in [0.15, 0.2) is 6.33 Å². The lowest BCUT2D eigenvalue weighted by molar-refractivity contribution is 0.0163. The third kappa shape index (κ3) is 2.80. The zero-order chi connectivity index (χ0) is 17.1. The summed E-state index contributed by atoms with van der Waals surface area (Å²) in [6.45, 7) is 0.175. The Morgan fingerprint density at radius 2 is 2.12 bits per heavy atom. The molecule has 0 unspecified atom stereocenters. The van der Waals surface area contributed by atoms with Crippen LogP contribution in [0, 0.1) is 0 Å². The lowest BCUT2D eigenvalue weighted by atomic mass is 10.2. The van der Waals surface area contributed by atoms with Gasteiger partial charge in [-0.1, -0.05) is 0 Å². The van der Waals surface area contributed by atoms with E-state index in [2.05, 4.69) is 15.0 Å². The summed E-state index contributed by atoms with van der Waals surface area (Å²) >= 11 is 0. The van der Waals surface area contributed by atoms with Crippen LogP contribution < -0.4 is 5.73 Å². The third-order valence-electron chi connectivity index (χ3n) is 4.43. The van der Waals surface area contributed by atoms with Crippen LogP contribution in [-0.4, -0.2) is 52.5 Å². The summed E-state index contributed by atoms with van der Waals surface area (Å²) < 4.78 is 18.3. The Bertz CT molecular complexity index is 832. The molecule has 0 spiro atoms. The van der Waals surface area contributed by atoms with E-state index < -0.39 is 25.6 Å². The van der Waals surface area contributed by atoms with Gasteiger partial charge in [-0.05, 0) is 12.8 Å². The first-order valence-electron chi connectivity index (χ1n) is 7.70. The van der Waals surface area contributed by atoms with Gasteiger partial charge in [0.1, 0.15) is 11.6 Å². The number of anilines is 1. The van der Waals surface area contributed by atoms with E-state index >= 15 is 0 Å². The monoisotopic (exact) mass is 355 g/mol. The van der Waals surface area contributed by atoms with Crippen molar-refractivity contribution >= 4 is 24.7 Å². The minimum absolute atomic E-state index is 0.105. The van der Waals surface area contributed by atoms with E-state index in [-0.39, 0.29) is 18.9 Å². The number of nitrogen functional groups attached to an aromatic ring is 1. The van der Waals surface area contributed by atoms with E-state index in [9.17, 15) is 19.5 Å². The Balaban J connectivity index is 1.62. The van der Waals surface area contributed by atoms with Gasteiger partial charge in [0.15, 0.2) is 11.5 Å². The zero-order valence-corrected chi connectivity index (χ0v) is 13.6. The van der Waals surface area contributed by atoms with Gasteiger partial charge in [-0.15, -0.1) is 0 Å². The topological polar surface area (TPSA) is 157 Å². The van der Waals surface area contributed by atoms with E-state index in [1.54, 1.807) is 10.9 Å². The van der Waals surface area contributed by atoms with Crippen molar-refractivity contribution in [1.82, 2.24) is 19.5 Å². The number of imidazole rings is 1. The van der Waals surface area contributed by atoms with Crippen molar-refractivity contribution in [2.75, 3.05) is 5.73 Å². The van der Waals surface area contributed by atoms with E-state index in [0.29, 0.717) is 17.1 Å². The van der Waals surface area contributed by atoms with E-state index in [1.165, 1.54) is 0 Å². The lowest BCUT2D eigenvalue weighted by Gasteiger charge is -2.16. The molecule has 5 N–H and O–H groups in total. The van der Waals surface area contributed by atoms with Crippen molar-refractivity contribution in [2.45, 2.75) is 49.8 Å². The number of aliphatic hydroxyl groups excluding tert-OH is 1. The molecule has 24 heavy (non-hydrogen) atoms. The van der Waals surface area contributed by atoms with Crippen LogP contribution in [-0.2, 0) is 15.8 Å². The summed E-state index contributed by atoms with van der Waals surface area (Å²) in [5.74, 6) is -0.769. The highest BCUT2D eigenvalue weighted by atomic mass is 31.2. The highest BCUT2D eigenvalue weighted by molar-refractivity contribution is 7.52. The SMILES string of the molecule is Nc1nc(C2CC2)c2ncn(C[C@H]3O[C@H](P(=O)(O)O)C[C@H]3O)c2n1. The first-order chi connectivity index (χ1) is 11.3. The predicted molar refractivity (Wildman–Crippen MR) is 83.0 cm³/mol. The predicted octanol–water partition coefficient (Wildman–Crippen LogP) is -0.0605. The fraction of sp³-hybridized carbons (Fsp3) is 0.615. The second kappa shape index (κ2) is 5.47. The van der Waals surface area contributed by atoms with Crippen molar-refractivity contribution in [3.05, 3.63) is 12.0 Å². The molecule has 10 nitrogen and oxygen atoms in total. The molecule has 11 heteroatoms. The average Bonchev–Trinajstić information content (AvgIpc) is 3.17. The van der Waals surface area contributed by atoms with E-state index in [4.69, 9.17) is 10.5 Å². The van der Waals surface area contributed by atoms with Crippen LogP contribution in [0.25, 0.3) is 11.2 Å². The first kappa shape index (κ1) is 15.9. The maximum atomic E-state index is 11.3. The van der Waals surface area contributed by atoms with Crippen molar-refractivity contribution in [3.63, 3.8) is 0 Å². The van der Waals surface area contributed by atoms with Crippen LogP contribution in [0.1, 0.15) is 30.9 Å². The Kier molecular flexibility index (Phi) is 3.63. The minimum atomic E-state index is -4.40. The molecule has 130 valence electrons. The summed E-state index contributed by atoms with van der Waals surface area (Å²) in [5.41, 5.74) is 7.83. The molecule has 0 aromatic carbocycles. The molecule has 4 rings (SSSR count). The molecular formula is C13H18N5O5P. The number of fused-ring (bicyclic) bond motifs is 1. The zero-order valence-electron chi connectivity index (χ0n) is 12.7. The number of nitrogens with zero attached hydrogens (tertiary/aromatic N) is 4. The number of aromatic nitrogens is 4. The van der Waals surface area contributed by atoms with Gasteiger partial charge < -0.3 is 29.9 Å². The molecule has 0 amide bonds. The second-order valence-electron chi connectivity index (χ2n) is 6.33. The van der Waals surface area contributed by atoms with Crippen molar-refractivity contribution < 1.29 is 24.2 Å². The maximum absolute atomic E-state index is 11.3. The van der Waals surface area contributed by atoms with Gasteiger partial charge in [0.05, 0.1) is 24.7 Å². The average molecular weight is 355 g/mol. The summed E-state index contributed by atoms with van der Waals surface area (Å²) in [5, 5.41) is 10.0. The van der Waals surface area contributed by atoms with Gasteiger partial charge in [0.25, 0.3) is 0 Å². The van der Waals surface area contributed by atoms with Crippen molar-refractivity contribution in [1.29, 1.82) is 0 Å². The quantitative estimate of drug-likeness (QED) is 0.551. The fourth-order valence-electron chi connectivity index (χ4n) is 3.04. The number of hydrogen-bond donors (Lipinski definition) is 4. The van der Waals surface area contributed by atoms with Gasteiger partial charge in [-0.2, -0.15) is 4.98 Å². The molecule has 1 saturated heterocycles. The molecule has 0 radical (unpaired) electrons. The van der Waals surface area contributed by atoms with Crippen molar-refractivity contribution in [3.8, 4) is 0 Å².